The van der Waals surface area contributed by atoms with Crippen molar-refractivity contribution in [3.63, 3.8) is 0 Å². The second-order valence-electron chi connectivity index (χ2n) is 13.0. The van der Waals surface area contributed by atoms with Crippen molar-refractivity contribution in [2.45, 2.75) is 63.8 Å². The molecule has 0 saturated carbocycles. The van der Waals surface area contributed by atoms with Crippen molar-refractivity contribution in [3.8, 4) is 0 Å². The first kappa shape index (κ1) is 35.9. The molecular weight excluding hydrogens is 646 g/mol. The summed E-state index contributed by atoms with van der Waals surface area (Å²) in [5.41, 5.74) is 10.8. The smallest absolute Gasteiger partial charge is 0.225 e. The Balaban J connectivity index is 0.990. The van der Waals surface area contributed by atoms with Crippen LogP contribution in [0, 0.1) is 0 Å². The van der Waals surface area contributed by atoms with Crippen LogP contribution < -0.4 is 21.3 Å². The molecule has 51 heavy (non-hydrogen) atoms. The largest absolute Gasteiger partial charge is 0.397 e. The molecule has 0 spiro atoms. The van der Waals surface area contributed by atoms with E-state index in [0.29, 0.717) is 50.0 Å². The summed E-state index contributed by atoms with van der Waals surface area (Å²) in [5, 5.41) is 15.3. The van der Waals surface area contributed by atoms with Gasteiger partial charge in [-0.1, -0.05) is 60.7 Å². The summed E-state index contributed by atoms with van der Waals surface area (Å²) >= 11 is 0. The predicted octanol–water partition coefficient (Wildman–Crippen LogP) is 4.73. The lowest BCUT2D eigenvalue weighted by atomic mass is 9.99. The SMILES string of the molecule is Nc1ccccc1NC(=O)CCCCC(=O)NCc1ccc(C2OC(CN3CCN(c4ncccn4)CC3)CC(c3ccc(CO)cc3)O2)cc1. The van der Waals surface area contributed by atoms with Crippen molar-refractivity contribution < 1.29 is 24.2 Å². The first-order valence-corrected chi connectivity index (χ1v) is 17.7. The highest BCUT2D eigenvalue weighted by molar-refractivity contribution is 5.93. The van der Waals surface area contributed by atoms with Crippen LogP contribution in [0.5, 0.6) is 0 Å². The number of aliphatic hydroxyl groups excluding tert-OH is 1. The molecule has 268 valence electrons. The molecule has 0 bridgehead atoms. The number of amides is 2. The van der Waals surface area contributed by atoms with Crippen LogP contribution in [0.2, 0.25) is 0 Å². The zero-order valence-corrected chi connectivity index (χ0v) is 28.8. The number of nitrogens with one attached hydrogen (secondary N) is 2. The average Bonchev–Trinajstić information content (AvgIpc) is 3.17. The van der Waals surface area contributed by atoms with Gasteiger partial charge in [-0.3, -0.25) is 14.5 Å². The zero-order chi connectivity index (χ0) is 35.4. The molecule has 4 aromatic rings. The maximum absolute atomic E-state index is 12.5. The van der Waals surface area contributed by atoms with Crippen LogP contribution in [-0.2, 0) is 32.2 Å². The third kappa shape index (κ3) is 10.3. The van der Waals surface area contributed by atoms with E-state index in [0.717, 1.165) is 60.9 Å². The number of unbranched alkanes of at least 4 members (excludes halogenated alkanes) is 1. The molecule has 3 aromatic carbocycles. The minimum absolute atomic E-state index is 0.00284. The summed E-state index contributed by atoms with van der Waals surface area (Å²) in [7, 11) is 0. The number of para-hydroxylation sites is 2. The number of benzene rings is 3. The number of ether oxygens (including phenoxy) is 2. The lowest BCUT2D eigenvalue weighted by Crippen LogP contribution is -2.50. The first-order valence-electron chi connectivity index (χ1n) is 17.7. The fraction of sp³-hybridized carbons (Fsp3) is 0.385. The van der Waals surface area contributed by atoms with Crippen molar-refractivity contribution in [1.82, 2.24) is 20.2 Å². The lowest BCUT2D eigenvalue weighted by molar-refractivity contribution is -0.253. The second-order valence-corrected chi connectivity index (χ2v) is 13.0. The molecule has 12 heteroatoms. The van der Waals surface area contributed by atoms with E-state index in [1.807, 2.05) is 66.7 Å². The number of carbonyl (C=O) groups excluding carboxylic acids is 2. The lowest BCUT2D eigenvalue weighted by Gasteiger charge is -2.40. The van der Waals surface area contributed by atoms with Gasteiger partial charge in [0.1, 0.15) is 0 Å². The molecule has 3 heterocycles. The van der Waals surface area contributed by atoms with Gasteiger partial charge in [-0.15, -0.1) is 0 Å². The number of nitrogens with zero attached hydrogens (tertiary/aromatic N) is 4. The summed E-state index contributed by atoms with van der Waals surface area (Å²) in [5.74, 6) is 0.593. The summed E-state index contributed by atoms with van der Waals surface area (Å²) in [4.78, 5) is 38.2. The quantitative estimate of drug-likeness (QED) is 0.108. The molecule has 2 saturated heterocycles. The molecule has 2 aliphatic heterocycles. The highest BCUT2D eigenvalue weighted by Gasteiger charge is 2.34. The zero-order valence-electron chi connectivity index (χ0n) is 28.8. The maximum atomic E-state index is 12.5. The molecule has 2 fully saturated rings. The molecule has 2 amide bonds. The number of nitrogens with two attached hydrogens (primary N) is 1. The molecule has 2 aliphatic rings. The fourth-order valence-electron chi connectivity index (χ4n) is 6.38. The first-order chi connectivity index (χ1) is 24.9. The number of rotatable bonds is 14. The van der Waals surface area contributed by atoms with E-state index in [1.165, 1.54) is 0 Å². The minimum atomic E-state index is -0.551. The number of nitrogen functional groups attached to an aromatic ring is 1. The van der Waals surface area contributed by atoms with E-state index in [1.54, 1.807) is 24.5 Å². The average molecular weight is 694 g/mol. The van der Waals surface area contributed by atoms with Crippen molar-refractivity contribution in [1.29, 1.82) is 0 Å². The number of aliphatic hydroxyl groups is 1. The number of hydrogen-bond acceptors (Lipinski definition) is 10. The van der Waals surface area contributed by atoms with E-state index in [2.05, 4.69) is 30.4 Å². The molecule has 3 unspecified atom stereocenters. The Bertz CT molecular complexity index is 1700. The van der Waals surface area contributed by atoms with Gasteiger partial charge in [0.25, 0.3) is 0 Å². The molecule has 1 aromatic heterocycles. The van der Waals surface area contributed by atoms with Crippen molar-refractivity contribution in [2.75, 3.05) is 48.7 Å². The van der Waals surface area contributed by atoms with E-state index in [9.17, 15) is 14.7 Å². The summed E-state index contributed by atoms with van der Waals surface area (Å²) in [6.45, 7) is 4.66. The normalized spacial score (nSPS) is 19.4. The van der Waals surface area contributed by atoms with Crippen LogP contribution in [0.25, 0.3) is 0 Å². The molecule has 0 radical (unpaired) electrons. The van der Waals surface area contributed by atoms with Gasteiger partial charge >= 0.3 is 0 Å². The predicted molar refractivity (Wildman–Crippen MR) is 195 cm³/mol. The van der Waals surface area contributed by atoms with E-state index >= 15 is 0 Å². The Kier molecular flexibility index (Phi) is 12.6. The molecule has 0 aliphatic carbocycles. The van der Waals surface area contributed by atoms with Crippen LogP contribution >= 0.6 is 0 Å². The van der Waals surface area contributed by atoms with Crippen LogP contribution in [0.15, 0.2) is 91.3 Å². The maximum Gasteiger partial charge on any atom is 0.225 e. The van der Waals surface area contributed by atoms with Gasteiger partial charge in [-0.05, 0) is 47.7 Å². The van der Waals surface area contributed by atoms with Gasteiger partial charge in [0.15, 0.2) is 6.29 Å². The molecule has 12 nitrogen and oxygen atoms in total. The van der Waals surface area contributed by atoms with Gasteiger partial charge in [0.2, 0.25) is 17.8 Å². The Labute approximate surface area is 299 Å². The summed E-state index contributed by atoms with van der Waals surface area (Å²) < 4.78 is 13.1. The monoisotopic (exact) mass is 693 g/mol. The van der Waals surface area contributed by atoms with Gasteiger partial charge in [-0.2, -0.15) is 0 Å². The van der Waals surface area contributed by atoms with Gasteiger partial charge in [0.05, 0.1) is 30.2 Å². The number of aromatic nitrogens is 2. The standard InChI is InChI=1S/C39H47N7O5/c40-33-6-1-2-7-34(33)44-37(49)9-4-3-8-36(48)43-25-28-10-16-31(17-11-28)38-50-32(24-35(51-38)30-14-12-29(27-47)13-15-30)26-45-20-22-46(23-21-45)39-41-18-5-19-42-39/h1-2,5-7,10-19,32,35,38,47H,3-4,8-9,20-27,40H2,(H,43,48)(H,44,49). The van der Waals surface area contributed by atoms with E-state index < -0.39 is 6.29 Å². The molecule has 5 N–H and O–H groups in total. The van der Waals surface area contributed by atoms with Crippen LogP contribution in [-0.4, -0.2) is 70.6 Å². The highest BCUT2D eigenvalue weighted by Crippen LogP contribution is 2.38. The third-order valence-electron chi connectivity index (χ3n) is 9.32. The number of anilines is 3. The number of carbonyl (C=O) groups is 2. The Hall–Kier alpha value is -4.88. The Morgan fingerprint density at radius 1 is 0.804 bits per heavy atom. The van der Waals surface area contributed by atoms with Crippen LogP contribution in [0.1, 0.15) is 66.8 Å². The minimum Gasteiger partial charge on any atom is -0.397 e. The fourth-order valence-corrected chi connectivity index (χ4v) is 6.38. The molecule has 6 rings (SSSR count). The van der Waals surface area contributed by atoms with Crippen molar-refractivity contribution in [3.05, 3.63) is 114 Å². The van der Waals surface area contributed by atoms with Crippen molar-refractivity contribution in [2.24, 2.45) is 0 Å². The van der Waals surface area contributed by atoms with Gasteiger partial charge < -0.3 is 35.8 Å². The Morgan fingerprint density at radius 3 is 2.18 bits per heavy atom. The summed E-state index contributed by atoms with van der Waals surface area (Å²) in [6, 6.07) is 24.9. The van der Waals surface area contributed by atoms with E-state index in [-0.39, 0.29) is 30.6 Å². The van der Waals surface area contributed by atoms with E-state index in [4.69, 9.17) is 15.2 Å². The molecular formula is C39H47N7O5. The molecule has 3 atom stereocenters. The number of piperazine rings is 1. The van der Waals surface area contributed by atoms with Crippen LogP contribution in [0.3, 0.4) is 0 Å². The number of hydrogen-bond donors (Lipinski definition) is 4. The highest BCUT2D eigenvalue weighted by atomic mass is 16.7. The topological polar surface area (TPSA) is 155 Å². The van der Waals surface area contributed by atoms with Crippen molar-refractivity contribution >= 4 is 29.1 Å². The summed E-state index contributed by atoms with van der Waals surface area (Å²) in [6.07, 6.45) is 5.39. The Morgan fingerprint density at radius 2 is 1.47 bits per heavy atom. The van der Waals surface area contributed by atoms with Crippen LogP contribution in [0.4, 0.5) is 17.3 Å². The van der Waals surface area contributed by atoms with Gasteiger partial charge in [0, 0.05) is 76.5 Å². The third-order valence-corrected chi connectivity index (χ3v) is 9.32. The van der Waals surface area contributed by atoms with Gasteiger partial charge in [-0.25, -0.2) is 9.97 Å². The second kappa shape index (κ2) is 17.9.